The number of pyridine rings is 2. The molecule has 32 heavy (non-hydrogen) atoms. The summed E-state index contributed by atoms with van der Waals surface area (Å²) in [5, 5.41) is 0.455. The lowest BCUT2D eigenvalue weighted by atomic mass is 9.75. The van der Waals surface area contributed by atoms with E-state index in [-0.39, 0.29) is 5.91 Å². The average Bonchev–Trinajstić information content (AvgIpc) is 3.01. The van der Waals surface area contributed by atoms with Gasteiger partial charge in [0.2, 0.25) is 0 Å². The van der Waals surface area contributed by atoms with Crippen molar-refractivity contribution in [1.82, 2.24) is 9.97 Å². The summed E-state index contributed by atoms with van der Waals surface area (Å²) < 4.78 is 0. The molecule has 2 aromatic heterocycles. The van der Waals surface area contributed by atoms with Gasteiger partial charge in [0, 0.05) is 23.6 Å². The third kappa shape index (κ3) is 2.91. The molecule has 1 saturated carbocycles. The molecule has 0 N–H and O–H groups in total. The topological polar surface area (TPSA) is 53.7 Å². The molecular formula is C25H21N5OS. The second-order valence-corrected chi connectivity index (χ2v) is 8.69. The van der Waals surface area contributed by atoms with Crippen LogP contribution < -0.4 is 9.80 Å². The fourth-order valence-electron chi connectivity index (χ4n) is 4.56. The molecule has 7 heteroatoms. The van der Waals surface area contributed by atoms with E-state index in [9.17, 15) is 4.79 Å². The Balaban J connectivity index is 1.53. The summed E-state index contributed by atoms with van der Waals surface area (Å²) >= 11 is 5.84. The Morgan fingerprint density at radius 2 is 1.81 bits per heavy atom. The SMILES string of the molecule is [C-]#[N+]c1ncc(N2C(=O)C3(CCC3)N(c3ccc(-c4cnccc4C)cc3)C2=S)cc1C. The van der Waals surface area contributed by atoms with Gasteiger partial charge in [-0.2, -0.15) is 0 Å². The maximum Gasteiger partial charge on any atom is 0.272 e. The number of rotatable bonds is 3. The van der Waals surface area contributed by atoms with Crippen LogP contribution in [0.25, 0.3) is 16.0 Å². The monoisotopic (exact) mass is 439 g/mol. The van der Waals surface area contributed by atoms with Crippen LogP contribution in [0.3, 0.4) is 0 Å². The number of aryl methyl sites for hydroxylation is 2. The van der Waals surface area contributed by atoms with Gasteiger partial charge in [0.15, 0.2) is 5.11 Å². The third-order valence-electron chi connectivity index (χ3n) is 6.47. The minimum Gasteiger partial charge on any atom is -0.360 e. The lowest BCUT2D eigenvalue weighted by molar-refractivity contribution is -0.123. The highest BCUT2D eigenvalue weighted by Crippen LogP contribution is 2.48. The largest absolute Gasteiger partial charge is 0.360 e. The molecule has 5 rings (SSSR count). The summed E-state index contributed by atoms with van der Waals surface area (Å²) in [7, 11) is 0. The minimum atomic E-state index is -0.644. The fraction of sp³-hybridized carbons (Fsp3) is 0.240. The molecule has 0 unspecified atom stereocenters. The molecule has 1 aliphatic carbocycles. The molecule has 0 bridgehead atoms. The van der Waals surface area contributed by atoms with Gasteiger partial charge in [0.05, 0.1) is 5.69 Å². The summed E-state index contributed by atoms with van der Waals surface area (Å²) in [4.78, 5) is 29.1. The quantitative estimate of drug-likeness (QED) is 0.406. The van der Waals surface area contributed by atoms with Crippen molar-refractivity contribution in [3.05, 3.63) is 77.5 Å². The minimum absolute atomic E-state index is 0.0160. The van der Waals surface area contributed by atoms with Crippen LogP contribution in [0.4, 0.5) is 17.2 Å². The first-order valence-electron chi connectivity index (χ1n) is 10.5. The number of carbonyl (C=O) groups excluding carboxylic acids is 1. The second kappa shape index (κ2) is 7.50. The average molecular weight is 440 g/mol. The number of hydrogen-bond acceptors (Lipinski definition) is 4. The molecular weight excluding hydrogens is 418 g/mol. The highest BCUT2D eigenvalue weighted by atomic mass is 32.1. The second-order valence-electron chi connectivity index (χ2n) is 8.33. The summed E-state index contributed by atoms with van der Waals surface area (Å²) in [5.74, 6) is 0.320. The van der Waals surface area contributed by atoms with Crippen molar-refractivity contribution in [3.8, 4) is 11.1 Å². The number of aromatic nitrogens is 2. The fourth-order valence-corrected chi connectivity index (χ4v) is 5.02. The number of amides is 1. The van der Waals surface area contributed by atoms with Crippen molar-refractivity contribution in [2.24, 2.45) is 0 Å². The number of anilines is 2. The van der Waals surface area contributed by atoms with Gasteiger partial charge in [0.25, 0.3) is 11.7 Å². The maximum absolute atomic E-state index is 13.6. The Bertz CT molecular complexity index is 1290. The first kappa shape index (κ1) is 20.3. The molecule has 3 aromatic rings. The zero-order valence-corrected chi connectivity index (χ0v) is 18.7. The van der Waals surface area contributed by atoms with Gasteiger partial charge in [0.1, 0.15) is 11.7 Å². The number of hydrogen-bond donors (Lipinski definition) is 0. The highest BCUT2D eigenvalue weighted by Gasteiger charge is 2.59. The zero-order valence-electron chi connectivity index (χ0n) is 17.9. The van der Waals surface area contributed by atoms with Gasteiger partial charge in [-0.1, -0.05) is 18.7 Å². The van der Waals surface area contributed by atoms with Crippen LogP contribution in [-0.4, -0.2) is 26.5 Å². The number of nitrogens with zero attached hydrogens (tertiary/aromatic N) is 5. The normalized spacial score (nSPS) is 16.9. The lowest BCUT2D eigenvalue weighted by Gasteiger charge is -2.43. The molecule has 0 atom stereocenters. The molecule has 2 aliphatic rings. The van der Waals surface area contributed by atoms with E-state index < -0.39 is 5.54 Å². The van der Waals surface area contributed by atoms with E-state index in [2.05, 4.69) is 33.9 Å². The molecule has 1 aromatic carbocycles. The number of carbonyl (C=O) groups is 1. The van der Waals surface area contributed by atoms with Gasteiger partial charge < -0.3 is 9.74 Å². The molecule has 2 fully saturated rings. The van der Waals surface area contributed by atoms with Crippen molar-refractivity contribution in [3.63, 3.8) is 0 Å². The van der Waals surface area contributed by atoms with Crippen molar-refractivity contribution >= 4 is 40.4 Å². The Kier molecular flexibility index (Phi) is 4.75. The molecule has 1 saturated heterocycles. The van der Waals surface area contributed by atoms with Gasteiger partial charge in [-0.15, -0.1) is 4.98 Å². The van der Waals surface area contributed by atoms with Crippen LogP contribution >= 0.6 is 12.2 Å². The van der Waals surface area contributed by atoms with E-state index in [1.165, 1.54) is 0 Å². The van der Waals surface area contributed by atoms with Gasteiger partial charge in [-0.3, -0.25) is 14.7 Å². The smallest absolute Gasteiger partial charge is 0.272 e. The summed E-state index contributed by atoms with van der Waals surface area (Å²) in [6, 6.07) is 12.0. The van der Waals surface area contributed by atoms with E-state index in [0.29, 0.717) is 16.6 Å². The Hall–Kier alpha value is -3.63. The summed E-state index contributed by atoms with van der Waals surface area (Å²) in [5.41, 5.74) is 4.91. The van der Waals surface area contributed by atoms with E-state index in [1.54, 1.807) is 17.3 Å². The van der Waals surface area contributed by atoms with Crippen molar-refractivity contribution in [2.75, 3.05) is 9.80 Å². The molecule has 158 valence electrons. The molecule has 0 radical (unpaired) electrons. The molecule has 1 aliphatic heterocycles. The summed E-state index contributed by atoms with van der Waals surface area (Å²) in [6.45, 7) is 11.1. The first-order valence-corrected chi connectivity index (χ1v) is 10.9. The van der Waals surface area contributed by atoms with Crippen LogP contribution in [0, 0.1) is 20.4 Å². The van der Waals surface area contributed by atoms with E-state index in [0.717, 1.165) is 47.2 Å². The van der Waals surface area contributed by atoms with Crippen LogP contribution in [0.15, 0.2) is 55.0 Å². The molecule has 6 nitrogen and oxygen atoms in total. The maximum atomic E-state index is 13.6. The van der Waals surface area contributed by atoms with Crippen molar-refractivity contribution < 1.29 is 4.79 Å². The zero-order chi connectivity index (χ0) is 22.5. The van der Waals surface area contributed by atoms with Crippen molar-refractivity contribution in [1.29, 1.82) is 0 Å². The first-order chi connectivity index (χ1) is 15.5. The van der Waals surface area contributed by atoms with E-state index >= 15 is 0 Å². The number of benzene rings is 1. The Morgan fingerprint density at radius 3 is 2.41 bits per heavy atom. The lowest BCUT2D eigenvalue weighted by Crippen LogP contribution is -2.55. The standard InChI is InChI=1S/C25H21N5OS/c1-16-9-12-27-15-21(16)18-5-7-19(8-6-18)30-24(32)29(23(31)25(30)10-4-11-25)20-13-17(2)22(26-3)28-14-20/h5-9,12-15H,4,10-11H2,1-2H3. The van der Waals surface area contributed by atoms with Gasteiger partial charge >= 0.3 is 0 Å². The predicted molar refractivity (Wildman–Crippen MR) is 129 cm³/mol. The molecule has 1 amide bonds. The molecule has 1 spiro atoms. The Labute approximate surface area is 192 Å². The van der Waals surface area contributed by atoms with E-state index in [1.807, 2.05) is 42.3 Å². The van der Waals surface area contributed by atoms with Gasteiger partial charge in [-0.05, 0) is 86.3 Å². The van der Waals surface area contributed by atoms with Gasteiger partial charge in [-0.25, -0.2) is 0 Å². The third-order valence-corrected chi connectivity index (χ3v) is 6.83. The van der Waals surface area contributed by atoms with Crippen LogP contribution in [0.2, 0.25) is 0 Å². The Morgan fingerprint density at radius 1 is 1.06 bits per heavy atom. The van der Waals surface area contributed by atoms with Crippen LogP contribution in [0.5, 0.6) is 0 Å². The number of thiocarbonyl (C=S) groups is 1. The van der Waals surface area contributed by atoms with Crippen LogP contribution in [0.1, 0.15) is 30.4 Å². The van der Waals surface area contributed by atoms with E-state index in [4.69, 9.17) is 18.8 Å². The predicted octanol–water partition coefficient (Wildman–Crippen LogP) is 5.37. The van der Waals surface area contributed by atoms with Crippen LogP contribution in [-0.2, 0) is 4.79 Å². The van der Waals surface area contributed by atoms with Crippen molar-refractivity contribution in [2.45, 2.75) is 38.6 Å². The highest BCUT2D eigenvalue weighted by molar-refractivity contribution is 7.81. The molecule has 3 heterocycles. The summed E-state index contributed by atoms with van der Waals surface area (Å²) in [6.07, 6.45) is 7.73.